The highest BCUT2D eigenvalue weighted by atomic mass is 16.5. The first-order valence-corrected chi connectivity index (χ1v) is 8.68. The Morgan fingerprint density at radius 2 is 1.77 bits per heavy atom. The number of carbonyl (C=O) groups is 2. The standard InChI is InChI=1S/C20H22N2O4/c1-2-26-18-8-6-17(7-9-18)21-19(23)15-4-3-5-16(14-15)20(24)22-10-12-25-13-11-22/h3-9,14H,2,10-13H2,1H3,(H,21,23). The van der Waals surface area contributed by atoms with Gasteiger partial charge in [-0.05, 0) is 49.4 Å². The predicted molar refractivity (Wildman–Crippen MR) is 98.7 cm³/mol. The molecule has 1 aliphatic heterocycles. The molecule has 0 aromatic heterocycles. The fraction of sp³-hybridized carbons (Fsp3) is 0.300. The first kappa shape index (κ1) is 17.9. The molecule has 0 saturated carbocycles. The van der Waals surface area contributed by atoms with E-state index in [1.165, 1.54) is 0 Å². The molecule has 0 atom stereocenters. The maximum Gasteiger partial charge on any atom is 0.255 e. The number of hydrogen-bond acceptors (Lipinski definition) is 4. The third kappa shape index (κ3) is 4.40. The summed E-state index contributed by atoms with van der Waals surface area (Å²) in [6, 6.07) is 13.9. The molecule has 0 radical (unpaired) electrons. The van der Waals surface area contributed by atoms with Crippen LogP contribution in [0.5, 0.6) is 5.75 Å². The zero-order valence-corrected chi connectivity index (χ0v) is 14.7. The van der Waals surface area contributed by atoms with E-state index in [1.807, 2.05) is 6.92 Å². The summed E-state index contributed by atoms with van der Waals surface area (Å²) in [6.45, 7) is 4.74. The molecule has 0 aliphatic carbocycles. The number of anilines is 1. The van der Waals surface area contributed by atoms with Gasteiger partial charge in [-0.2, -0.15) is 0 Å². The van der Waals surface area contributed by atoms with Crippen LogP contribution in [0.25, 0.3) is 0 Å². The van der Waals surface area contributed by atoms with Crippen LogP contribution >= 0.6 is 0 Å². The second kappa shape index (κ2) is 8.49. The molecule has 1 fully saturated rings. The maximum absolute atomic E-state index is 12.6. The van der Waals surface area contributed by atoms with Gasteiger partial charge in [0, 0.05) is 29.9 Å². The van der Waals surface area contributed by atoms with Crippen molar-refractivity contribution in [2.75, 3.05) is 38.2 Å². The van der Waals surface area contributed by atoms with Gasteiger partial charge in [0.25, 0.3) is 11.8 Å². The summed E-state index contributed by atoms with van der Waals surface area (Å²) in [5.41, 5.74) is 1.62. The lowest BCUT2D eigenvalue weighted by Crippen LogP contribution is -2.40. The lowest BCUT2D eigenvalue weighted by molar-refractivity contribution is 0.0303. The van der Waals surface area contributed by atoms with Gasteiger partial charge in [0.15, 0.2) is 0 Å². The Labute approximate surface area is 152 Å². The number of benzene rings is 2. The molecule has 1 saturated heterocycles. The lowest BCUT2D eigenvalue weighted by atomic mass is 10.1. The van der Waals surface area contributed by atoms with Crippen molar-refractivity contribution in [2.45, 2.75) is 6.92 Å². The van der Waals surface area contributed by atoms with Gasteiger partial charge in [0.05, 0.1) is 19.8 Å². The van der Waals surface area contributed by atoms with Crippen molar-refractivity contribution in [3.63, 3.8) is 0 Å². The molecule has 6 nitrogen and oxygen atoms in total. The molecule has 3 rings (SSSR count). The van der Waals surface area contributed by atoms with Crippen molar-refractivity contribution < 1.29 is 19.1 Å². The van der Waals surface area contributed by atoms with E-state index in [4.69, 9.17) is 9.47 Å². The van der Waals surface area contributed by atoms with Crippen molar-refractivity contribution in [3.05, 3.63) is 59.7 Å². The molecule has 2 aromatic carbocycles. The van der Waals surface area contributed by atoms with Crippen LogP contribution in [0.2, 0.25) is 0 Å². The summed E-state index contributed by atoms with van der Waals surface area (Å²) < 4.78 is 10.7. The summed E-state index contributed by atoms with van der Waals surface area (Å²) in [7, 11) is 0. The first-order chi connectivity index (χ1) is 12.7. The van der Waals surface area contributed by atoms with Gasteiger partial charge < -0.3 is 19.7 Å². The number of ether oxygens (including phenoxy) is 2. The van der Waals surface area contributed by atoms with E-state index < -0.39 is 0 Å². The zero-order valence-electron chi connectivity index (χ0n) is 14.7. The van der Waals surface area contributed by atoms with Crippen molar-refractivity contribution >= 4 is 17.5 Å². The summed E-state index contributed by atoms with van der Waals surface area (Å²) in [5.74, 6) is 0.415. The van der Waals surface area contributed by atoms with Gasteiger partial charge in [-0.3, -0.25) is 9.59 Å². The summed E-state index contributed by atoms with van der Waals surface area (Å²) >= 11 is 0. The van der Waals surface area contributed by atoms with Gasteiger partial charge in [-0.25, -0.2) is 0 Å². The van der Waals surface area contributed by atoms with Crippen LogP contribution in [-0.4, -0.2) is 49.6 Å². The smallest absolute Gasteiger partial charge is 0.255 e. The minimum atomic E-state index is -0.259. The van der Waals surface area contributed by atoms with Crippen molar-refractivity contribution in [1.29, 1.82) is 0 Å². The molecule has 0 bridgehead atoms. The Balaban J connectivity index is 1.68. The average Bonchev–Trinajstić information content (AvgIpc) is 2.70. The second-order valence-electron chi connectivity index (χ2n) is 5.90. The minimum Gasteiger partial charge on any atom is -0.494 e. The average molecular weight is 354 g/mol. The number of carbonyl (C=O) groups excluding carboxylic acids is 2. The van der Waals surface area contributed by atoms with E-state index >= 15 is 0 Å². The Kier molecular flexibility index (Phi) is 5.86. The molecule has 6 heteroatoms. The first-order valence-electron chi connectivity index (χ1n) is 8.68. The Bertz CT molecular complexity index is 768. The predicted octanol–water partition coefficient (Wildman–Crippen LogP) is 2.81. The topological polar surface area (TPSA) is 67.9 Å². The van der Waals surface area contributed by atoms with Crippen molar-refractivity contribution in [1.82, 2.24) is 4.90 Å². The van der Waals surface area contributed by atoms with E-state index in [9.17, 15) is 9.59 Å². The molecule has 1 N–H and O–H groups in total. The SMILES string of the molecule is CCOc1ccc(NC(=O)c2cccc(C(=O)N3CCOCC3)c2)cc1. The van der Waals surface area contributed by atoms with Crippen LogP contribution in [0.15, 0.2) is 48.5 Å². The molecule has 136 valence electrons. The molecule has 1 heterocycles. The number of hydrogen-bond donors (Lipinski definition) is 1. The summed E-state index contributed by atoms with van der Waals surface area (Å²) in [5, 5.41) is 2.83. The van der Waals surface area contributed by atoms with Gasteiger partial charge in [-0.15, -0.1) is 0 Å². The number of amides is 2. The largest absolute Gasteiger partial charge is 0.494 e. The number of nitrogens with one attached hydrogen (secondary N) is 1. The fourth-order valence-electron chi connectivity index (χ4n) is 2.75. The molecule has 0 unspecified atom stereocenters. The fourth-order valence-corrected chi connectivity index (χ4v) is 2.75. The monoisotopic (exact) mass is 354 g/mol. The van der Waals surface area contributed by atoms with E-state index in [0.29, 0.717) is 49.7 Å². The normalized spacial score (nSPS) is 14.0. The molecule has 0 spiro atoms. The lowest BCUT2D eigenvalue weighted by Gasteiger charge is -2.27. The number of morpholine rings is 1. The van der Waals surface area contributed by atoms with Crippen LogP contribution in [-0.2, 0) is 4.74 Å². The summed E-state index contributed by atoms with van der Waals surface area (Å²) in [6.07, 6.45) is 0. The molecule has 2 aromatic rings. The van der Waals surface area contributed by atoms with Crippen LogP contribution in [0.4, 0.5) is 5.69 Å². The van der Waals surface area contributed by atoms with Gasteiger partial charge in [0.1, 0.15) is 5.75 Å². The number of nitrogens with zero attached hydrogens (tertiary/aromatic N) is 1. The number of rotatable bonds is 5. The maximum atomic E-state index is 12.6. The highest BCUT2D eigenvalue weighted by Gasteiger charge is 2.19. The van der Waals surface area contributed by atoms with Crippen LogP contribution in [0.3, 0.4) is 0 Å². The van der Waals surface area contributed by atoms with Crippen LogP contribution in [0.1, 0.15) is 27.6 Å². The van der Waals surface area contributed by atoms with Crippen molar-refractivity contribution in [3.8, 4) is 5.75 Å². The Morgan fingerprint density at radius 1 is 1.08 bits per heavy atom. The summed E-state index contributed by atoms with van der Waals surface area (Å²) in [4.78, 5) is 26.8. The molecule has 26 heavy (non-hydrogen) atoms. The molecule has 1 aliphatic rings. The Hall–Kier alpha value is -2.86. The van der Waals surface area contributed by atoms with Crippen LogP contribution < -0.4 is 10.1 Å². The second-order valence-corrected chi connectivity index (χ2v) is 5.90. The molecule has 2 amide bonds. The highest BCUT2D eigenvalue weighted by molar-refractivity contribution is 6.06. The van der Waals surface area contributed by atoms with Crippen LogP contribution in [0, 0.1) is 0 Å². The Morgan fingerprint density at radius 3 is 2.46 bits per heavy atom. The molecular weight excluding hydrogens is 332 g/mol. The quantitative estimate of drug-likeness (QED) is 0.897. The van der Waals surface area contributed by atoms with Crippen molar-refractivity contribution in [2.24, 2.45) is 0 Å². The van der Waals surface area contributed by atoms with E-state index in [0.717, 1.165) is 5.75 Å². The van der Waals surface area contributed by atoms with Gasteiger partial charge >= 0.3 is 0 Å². The van der Waals surface area contributed by atoms with E-state index in [2.05, 4.69) is 5.32 Å². The zero-order chi connectivity index (χ0) is 18.4. The van der Waals surface area contributed by atoms with Gasteiger partial charge in [-0.1, -0.05) is 6.07 Å². The third-order valence-electron chi connectivity index (χ3n) is 4.09. The van der Waals surface area contributed by atoms with E-state index in [-0.39, 0.29) is 11.8 Å². The third-order valence-corrected chi connectivity index (χ3v) is 4.09. The molecular formula is C20H22N2O4. The van der Waals surface area contributed by atoms with Gasteiger partial charge in [0.2, 0.25) is 0 Å². The minimum absolute atomic E-state index is 0.0796. The van der Waals surface area contributed by atoms with E-state index in [1.54, 1.807) is 53.4 Å². The highest BCUT2D eigenvalue weighted by Crippen LogP contribution is 2.17.